The normalized spacial score (nSPS) is 11.3. The minimum Gasteiger partial charge on any atom is -0.302 e. The smallest absolute Gasteiger partial charge is 0.302 e. The molecule has 0 aromatic carbocycles. The van der Waals surface area contributed by atoms with Crippen LogP contribution in [0.1, 0.15) is 0 Å². The maximum absolute atomic E-state index is 9.63. The van der Waals surface area contributed by atoms with Crippen molar-refractivity contribution in [2.45, 2.75) is 0 Å². The van der Waals surface area contributed by atoms with Gasteiger partial charge in [0.25, 0.3) is 0 Å². The summed E-state index contributed by atoms with van der Waals surface area (Å²) >= 11 is 0. The van der Waals surface area contributed by atoms with E-state index in [1.54, 1.807) is 0 Å². The van der Waals surface area contributed by atoms with E-state index in [1.165, 1.54) is 0 Å². The molecule has 72 valence electrons. The van der Waals surface area contributed by atoms with Gasteiger partial charge >= 0.3 is 15.6 Å². The Balaban J connectivity index is -0.000000320. The van der Waals surface area contributed by atoms with E-state index in [4.69, 9.17) is 19.6 Å². The Bertz CT molecular complexity index is 155. The summed E-state index contributed by atoms with van der Waals surface area (Å²) in [6.07, 6.45) is 0. The molecule has 0 aromatic heterocycles. The largest absolute Gasteiger partial charge is 0.478 e. The fourth-order valence-corrected chi connectivity index (χ4v) is 1.25. The zero-order valence-corrected chi connectivity index (χ0v) is 9.88. The molecule has 0 rings (SSSR count). The van der Waals surface area contributed by atoms with E-state index in [-0.39, 0.29) is 39.0 Å². The van der Waals surface area contributed by atoms with E-state index in [0.29, 0.717) is 0 Å². The summed E-state index contributed by atoms with van der Waals surface area (Å²) in [5, 5.41) is 0. The van der Waals surface area contributed by atoms with Crippen LogP contribution in [0, 0.1) is 0 Å². The second-order valence-corrected chi connectivity index (χ2v) is 3.68. The molecule has 0 fully saturated rings. The third-order valence-electron chi connectivity index (χ3n) is 0.213. The van der Waals surface area contributed by atoms with E-state index in [9.17, 15) is 9.13 Å². The summed E-state index contributed by atoms with van der Waals surface area (Å²) in [5.74, 6) is 0. The zero-order chi connectivity index (χ0) is 7.71. The van der Waals surface area contributed by atoms with Gasteiger partial charge in [-0.3, -0.25) is 0 Å². The van der Waals surface area contributed by atoms with Crippen molar-refractivity contribution >= 4 is 15.6 Å². The van der Waals surface area contributed by atoms with Crippen LogP contribution in [-0.4, -0.2) is 19.6 Å². The SMILES string of the molecule is O=P(O)(O)OP(=O)(O)O.[Ru].[Ru]. The molecule has 11 heavy (non-hydrogen) atoms. The Morgan fingerprint density at radius 1 is 0.818 bits per heavy atom. The van der Waals surface area contributed by atoms with E-state index in [2.05, 4.69) is 4.31 Å². The van der Waals surface area contributed by atoms with Gasteiger partial charge in [-0.25, -0.2) is 9.13 Å². The molecule has 0 aromatic rings. The molecule has 0 atom stereocenters. The first-order chi connectivity index (χ1) is 3.71. The molecule has 7 nitrogen and oxygen atoms in total. The maximum Gasteiger partial charge on any atom is 0.478 e. The van der Waals surface area contributed by atoms with Gasteiger partial charge in [-0.2, -0.15) is 4.31 Å². The Labute approximate surface area is 87.5 Å². The van der Waals surface area contributed by atoms with Crippen molar-refractivity contribution in [1.82, 2.24) is 0 Å². The van der Waals surface area contributed by atoms with E-state index >= 15 is 0 Å². The molecular weight excluding hydrogens is 376 g/mol. The van der Waals surface area contributed by atoms with E-state index in [1.807, 2.05) is 0 Å². The minimum absolute atomic E-state index is 0. The molecular formula is H4O7P2Ru2. The van der Waals surface area contributed by atoms with Gasteiger partial charge < -0.3 is 19.6 Å². The van der Waals surface area contributed by atoms with Crippen LogP contribution in [0.15, 0.2) is 0 Å². The van der Waals surface area contributed by atoms with Gasteiger partial charge in [0.15, 0.2) is 0 Å². The predicted molar refractivity (Wildman–Crippen MR) is 25.2 cm³/mol. The molecule has 0 bridgehead atoms. The number of phosphoric acid groups is 2. The molecule has 0 radical (unpaired) electrons. The molecule has 11 heteroatoms. The minimum atomic E-state index is -5.05. The molecule has 0 aliphatic carbocycles. The first kappa shape index (κ1) is 18.3. The monoisotopic (exact) mass is 382 g/mol. The van der Waals surface area contributed by atoms with E-state index in [0.717, 1.165) is 0 Å². The summed E-state index contributed by atoms with van der Waals surface area (Å²) in [6, 6.07) is 0. The Hall–Kier alpha value is 1.51. The van der Waals surface area contributed by atoms with Gasteiger partial charge in [-0.1, -0.05) is 0 Å². The van der Waals surface area contributed by atoms with Gasteiger partial charge in [0.05, 0.1) is 0 Å². The second-order valence-electron chi connectivity index (χ2n) is 1.06. The van der Waals surface area contributed by atoms with Crippen LogP contribution in [0.3, 0.4) is 0 Å². The first-order valence-corrected chi connectivity index (χ1v) is 4.59. The van der Waals surface area contributed by atoms with Crippen LogP contribution in [0.25, 0.3) is 0 Å². The van der Waals surface area contributed by atoms with Crippen LogP contribution in [0.2, 0.25) is 0 Å². The van der Waals surface area contributed by atoms with Crippen molar-refractivity contribution in [1.29, 1.82) is 0 Å². The molecule has 0 unspecified atom stereocenters. The van der Waals surface area contributed by atoms with Crippen LogP contribution >= 0.6 is 15.6 Å². The molecule has 0 saturated heterocycles. The zero-order valence-electron chi connectivity index (χ0n) is 4.62. The van der Waals surface area contributed by atoms with Gasteiger partial charge in [-0.15, -0.1) is 0 Å². The number of hydrogen-bond acceptors (Lipinski definition) is 3. The fraction of sp³-hybridized carbons (Fsp3) is 0. The van der Waals surface area contributed by atoms with Gasteiger partial charge in [0, 0.05) is 39.0 Å². The Kier molecular flexibility index (Phi) is 10.1. The van der Waals surface area contributed by atoms with Gasteiger partial charge in [0.2, 0.25) is 0 Å². The van der Waals surface area contributed by atoms with Crippen molar-refractivity contribution in [3.05, 3.63) is 0 Å². The number of rotatable bonds is 2. The average molecular weight is 380 g/mol. The number of hydrogen-bond donors (Lipinski definition) is 4. The van der Waals surface area contributed by atoms with E-state index < -0.39 is 15.6 Å². The van der Waals surface area contributed by atoms with Crippen LogP contribution in [-0.2, 0) is 52.4 Å². The summed E-state index contributed by atoms with van der Waals surface area (Å²) < 4.78 is 22.2. The second kappa shape index (κ2) is 6.04. The molecule has 0 amide bonds. The molecule has 0 aliphatic heterocycles. The quantitative estimate of drug-likeness (QED) is 0.365. The topological polar surface area (TPSA) is 124 Å². The first-order valence-electron chi connectivity index (χ1n) is 1.53. The van der Waals surface area contributed by atoms with Crippen LogP contribution < -0.4 is 0 Å². The fourth-order valence-electron chi connectivity index (χ4n) is 0.139. The summed E-state index contributed by atoms with van der Waals surface area (Å²) in [7, 11) is -10.1. The predicted octanol–water partition coefficient (Wildman–Crippen LogP) is -0.817. The Morgan fingerprint density at radius 3 is 1.00 bits per heavy atom. The van der Waals surface area contributed by atoms with Gasteiger partial charge in [0.1, 0.15) is 0 Å². The van der Waals surface area contributed by atoms with Crippen molar-refractivity contribution in [3.63, 3.8) is 0 Å². The maximum atomic E-state index is 9.63. The molecule has 4 N–H and O–H groups in total. The summed E-state index contributed by atoms with van der Waals surface area (Å²) in [5.41, 5.74) is 0. The van der Waals surface area contributed by atoms with Crippen LogP contribution in [0.5, 0.6) is 0 Å². The standard InChI is InChI=1S/H4O7P2.2Ru/c1-8(2,3)7-9(4,5)6;;/h(H2,1,2,3)(H2,4,5,6);;. The average Bonchev–Trinajstić information content (AvgIpc) is 1.14. The van der Waals surface area contributed by atoms with Gasteiger partial charge in [-0.05, 0) is 0 Å². The van der Waals surface area contributed by atoms with Crippen molar-refractivity contribution in [2.75, 3.05) is 0 Å². The Morgan fingerprint density at radius 2 is 1.00 bits per heavy atom. The van der Waals surface area contributed by atoms with Crippen molar-refractivity contribution in [2.24, 2.45) is 0 Å². The molecule has 0 heterocycles. The molecule has 0 saturated carbocycles. The van der Waals surface area contributed by atoms with Crippen molar-refractivity contribution in [3.8, 4) is 0 Å². The van der Waals surface area contributed by atoms with Crippen LogP contribution in [0.4, 0.5) is 0 Å². The summed E-state index contributed by atoms with van der Waals surface area (Å²) in [4.78, 5) is 31.0. The molecule has 0 spiro atoms. The third-order valence-corrected chi connectivity index (χ3v) is 1.91. The van der Waals surface area contributed by atoms with Crippen molar-refractivity contribution < 1.29 is 72.0 Å². The third kappa shape index (κ3) is 18.5. The molecule has 0 aliphatic rings. The summed E-state index contributed by atoms with van der Waals surface area (Å²) in [6.45, 7) is 0.